The fraction of sp³-hybridized carbons (Fsp3) is 0.400. The Morgan fingerprint density at radius 2 is 2.30 bits per heavy atom. The van der Waals surface area contributed by atoms with Gasteiger partial charge in [-0.2, -0.15) is 4.98 Å². The summed E-state index contributed by atoms with van der Waals surface area (Å²) in [7, 11) is 0. The molecule has 1 saturated heterocycles. The number of ether oxygens (including phenoxy) is 2. The molecule has 1 atom stereocenters. The molecule has 0 unspecified atom stereocenters. The fourth-order valence-corrected chi connectivity index (χ4v) is 2.72. The Balaban J connectivity index is 1.59. The Morgan fingerprint density at radius 1 is 1.39 bits per heavy atom. The van der Waals surface area contributed by atoms with E-state index < -0.39 is 5.82 Å². The van der Waals surface area contributed by atoms with Crippen molar-refractivity contribution < 1.29 is 23.2 Å². The van der Waals surface area contributed by atoms with E-state index in [0.29, 0.717) is 29.8 Å². The summed E-state index contributed by atoms with van der Waals surface area (Å²) in [6.45, 7) is 0.668. The molecule has 0 spiro atoms. The molecule has 2 aliphatic heterocycles. The van der Waals surface area contributed by atoms with Gasteiger partial charge in [0.25, 0.3) is 11.8 Å². The van der Waals surface area contributed by atoms with Gasteiger partial charge in [-0.3, -0.25) is 9.69 Å². The van der Waals surface area contributed by atoms with Gasteiger partial charge in [0, 0.05) is 12.7 Å². The van der Waals surface area contributed by atoms with Crippen molar-refractivity contribution in [3.63, 3.8) is 0 Å². The zero-order chi connectivity index (χ0) is 15.8. The van der Waals surface area contributed by atoms with E-state index in [4.69, 9.17) is 14.0 Å². The second-order valence-electron chi connectivity index (χ2n) is 5.43. The molecular weight excluding hydrogens is 305 g/mol. The number of anilines is 1. The van der Waals surface area contributed by atoms with E-state index in [1.165, 1.54) is 23.1 Å². The minimum absolute atomic E-state index is 0.0921. The molecule has 0 saturated carbocycles. The maximum Gasteiger partial charge on any atom is 0.265 e. The number of carbonyl (C=O) groups excluding carboxylic acids is 1. The molecule has 1 fully saturated rings. The predicted molar refractivity (Wildman–Crippen MR) is 75.3 cm³/mol. The summed E-state index contributed by atoms with van der Waals surface area (Å²) in [5.41, 5.74) is 0.365. The normalized spacial score (nSPS) is 20.5. The number of aromatic nitrogens is 2. The van der Waals surface area contributed by atoms with Crippen molar-refractivity contribution >= 4 is 11.6 Å². The number of nitrogens with zero attached hydrogens (tertiary/aromatic N) is 3. The van der Waals surface area contributed by atoms with Crippen LogP contribution in [0.3, 0.4) is 0 Å². The summed E-state index contributed by atoms with van der Waals surface area (Å²) in [5, 5.41) is 3.89. The van der Waals surface area contributed by atoms with Crippen LogP contribution in [0.5, 0.6) is 5.75 Å². The van der Waals surface area contributed by atoms with Gasteiger partial charge in [-0.1, -0.05) is 5.16 Å². The van der Waals surface area contributed by atoms with Crippen molar-refractivity contribution in [2.75, 3.05) is 18.1 Å². The van der Waals surface area contributed by atoms with Gasteiger partial charge in [0.15, 0.2) is 12.4 Å². The average Bonchev–Trinajstić information content (AvgIpc) is 3.21. The minimum atomic E-state index is -0.444. The Morgan fingerprint density at radius 3 is 3.13 bits per heavy atom. The van der Waals surface area contributed by atoms with Crippen LogP contribution in [0.15, 0.2) is 22.7 Å². The van der Waals surface area contributed by atoms with Crippen molar-refractivity contribution in [3.05, 3.63) is 35.7 Å². The molecule has 0 radical (unpaired) electrons. The molecule has 0 bridgehead atoms. The Labute approximate surface area is 131 Å². The average molecular weight is 319 g/mol. The molecule has 3 heterocycles. The van der Waals surface area contributed by atoms with Gasteiger partial charge in [0.05, 0.1) is 12.2 Å². The molecule has 2 aromatic rings. The number of halogens is 1. The first kappa shape index (κ1) is 14.1. The van der Waals surface area contributed by atoms with Gasteiger partial charge in [-0.15, -0.1) is 0 Å². The lowest BCUT2D eigenvalue weighted by atomic mass is 10.2. The predicted octanol–water partition coefficient (Wildman–Crippen LogP) is 1.99. The molecule has 0 N–H and O–H groups in total. The Hall–Kier alpha value is -2.48. The lowest BCUT2D eigenvalue weighted by Crippen LogP contribution is -2.38. The van der Waals surface area contributed by atoms with E-state index in [9.17, 15) is 9.18 Å². The molecule has 8 heteroatoms. The van der Waals surface area contributed by atoms with Gasteiger partial charge >= 0.3 is 0 Å². The highest BCUT2D eigenvalue weighted by molar-refractivity contribution is 5.97. The number of hydrogen-bond acceptors (Lipinski definition) is 6. The maximum absolute atomic E-state index is 13.5. The van der Waals surface area contributed by atoms with Gasteiger partial charge in [-0.25, -0.2) is 4.39 Å². The summed E-state index contributed by atoms with van der Waals surface area (Å²) in [6.07, 6.45) is 1.62. The van der Waals surface area contributed by atoms with Crippen molar-refractivity contribution in [2.45, 2.75) is 25.5 Å². The highest BCUT2D eigenvalue weighted by atomic mass is 19.1. The van der Waals surface area contributed by atoms with E-state index in [-0.39, 0.29) is 25.2 Å². The van der Waals surface area contributed by atoms with Gasteiger partial charge < -0.3 is 14.0 Å². The number of rotatable bonds is 3. The van der Waals surface area contributed by atoms with E-state index in [2.05, 4.69) is 10.1 Å². The molecule has 2 aliphatic rings. The molecular formula is C15H14FN3O4. The highest BCUT2D eigenvalue weighted by Crippen LogP contribution is 2.33. The lowest BCUT2D eigenvalue weighted by molar-refractivity contribution is -0.121. The first-order valence-corrected chi connectivity index (χ1v) is 7.37. The van der Waals surface area contributed by atoms with Crippen molar-refractivity contribution in [1.82, 2.24) is 10.1 Å². The number of benzene rings is 1. The fourth-order valence-electron chi connectivity index (χ4n) is 2.72. The van der Waals surface area contributed by atoms with Crippen LogP contribution in [0, 0.1) is 5.82 Å². The van der Waals surface area contributed by atoms with Gasteiger partial charge in [0.2, 0.25) is 0 Å². The third-order valence-corrected chi connectivity index (χ3v) is 3.85. The first-order chi connectivity index (χ1) is 11.2. The second-order valence-corrected chi connectivity index (χ2v) is 5.43. The molecule has 4 rings (SSSR count). The van der Waals surface area contributed by atoms with Crippen molar-refractivity contribution in [2.24, 2.45) is 0 Å². The summed E-state index contributed by atoms with van der Waals surface area (Å²) in [4.78, 5) is 17.8. The largest absolute Gasteiger partial charge is 0.482 e. The topological polar surface area (TPSA) is 77.7 Å². The summed E-state index contributed by atoms with van der Waals surface area (Å²) in [5.74, 6) is 0.485. The lowest BCUT2D eigenvalue weighted by Gasteiger charge is -2.28. The molecule has 1 amide bonds. The quantitative estimate of drug-likeness (QED) is 0.861. The minimum Gasteiger partial charge on any atom is -0.482 e. The van der Waals surface area contributed by atoms with Crippen LogP contribution in [-0.4, -0.2) is 29.3 Å². The van der Waals surface area contributed by atoms with Crippen molar-refractivity contribution in [3.8, 4) is 5.75 Å². The van der Waals surface area contributed by atoms with E-state index >= 15 is 0 Å². The van der Waals surface area contributed by atoms with E-state index in [1.54, 1.807) is 0 Å². The van der Waals surface area contributed by atoms with E-state index in [0.717, 1.165) is 12.8 Å². The van der Waals surface area contributed by atoms with Crippen LogP contribution in [0.4, 0.5) is 10.1 Å². The SMILES string of the molecule is O=C1COc2ccc(F)cc2N1Cc1noc([C@H]2CCCO2)n1. The zero-order valence-corrected chi connectivity index (χ0v) is 12.2. The zero-order valence-electron chi connectivity index (χ0n) is 12.2. The second kappa shape index (κ2) is 5.62. The Kier molecular flexibility index (Phi) is 3.45. The number of amides is 1. The molecule has 23 heavy (non-hydrogen) atoms. The monoisotopic (exact) mass is 319 g/mol. The van der Waals surface area contributed by atoms with Gasteiger partial charge in [-0.05, 0) is 25.0 Å². The maximum atomic E-state index is 13.5. The van der Waals surface area contributed by atoms with Crippen LogP contribution in [-0.2, 0) is 16.1 Å². The third-order valence-electron chi connectivity index (χ3n) is 3.85. The smallest absolute Gasteiger partial charge is 0.265 e. The van der Waals surface area contributed by atoms with Crippen LogP contribution in [0.25, 0.3) is 0 Å². The molecule has 1 aromatic carbocycles. The summed E-state index contributed by atoms with van der Waals surface area (Å²) < 4.78 is 29.5. The summed E-state index contributed by atoms with van der Waals surface area (Å²) in [6, 6.07) is 4.04. The highest BCUT2D eigenvalue weighted by Gasteiger charge is 2.29. The molecule has 1 aromatic heterocycles. The number of carbonyl (C=O) groups is 1. The molecule has 120 valence electrons. The number of hydrogen-bond donors (Lipinski definition) is 0. The molecule has 0 aliphatic carbocycles. The summed E-state index contributed by atoms with van der Waals surface area (Å²) >= 11 is 0. The van der Waals surface area contributed by atoms with Crippen LogP contribution >= 0.6 is 0 Å². The van der Waals surface area contributed by atoms with Crippen LogP contribution in [0.2, 0.25) is 0 Å². The van der Waals surface area contributed by atoms with Crippen molar-refractivity contribution in [1.29, 1.82) is 0 Å². The Bertz CT molecular complexity index is 742. The molecule has 7 nitrogen and oxygen atoms in total. The van der Waals surface area contributed by atoms with Crippen LogP contribution < -0.4 is 9.64 Å². The van der Waals surface area contributed by atoms with Gasteiger partial charge in [0.1, 0.15) is 17.7 Å². The third kappa shape index (κ3) is 2.65. The number of fused-ring (bicyclic) bond motifs is 1. The van der Waals surface area contributed by atoms with E-state index in [1.807, 2.05) is 0 Å². The first-order valence-electron chi connectivity index (χ1n) is 7.37. The standard InChI is InChI=1S/C15H14FN3O4/c16-9-3-4-11-10(6-9)19(14(20)8-22-11)7-13-17-15(23-18-13)12-2-1-5-21-12/h3-4,6,12H,1-2,5,7-8H2/t12-/m1/s1. The van der Waals surface area contributed by atoms with Crippen LogP contribution in [0.1, 0.15) is 30.7 Å².